The average Bonchev–Trinajstić information content (AvgIpc) is 3.41. The minimum atomic E-state index is -0.273. The van der Waals surface area contributed by atoms with Crippen molar-refractivity contribution in [2.45, 2.75) is 51.2 Å². The summed E-state index contributed by atoms with van der Waals surface area (Å²) in [5.74, 6) is 1.01. The molecule has 34 heavy (non-hydrogen) atoms. The lowest BCUT2D eigenvalue weighted by Gasteiger charge is -2.27. The van der Waals surface area contributed by atoms with E-state index in [1.807, 2.05) is 23.0 Å². The lowest BCUT2D eigenvalue weighted by Crippen LogP contribution is -2.28. The number of aromatic nitrogens is 3. The summed E-state index contributed by atoms with van der Waals surface area (Å²) >= 11 is 0. The lowest BCUT2D eigenvalue weighted by molar-refractivity contribution is -0.424. The first kappa shape index (κ1) is 21.0. The molecule has 3 atom stereocenters. The molecule has 174 valence electrons. The topological polar surface area (TPSA) is 104 Å². The van der Waals surface area contributed by atoms with Crippen molar-refractivity contribution in [3.63, 3.8) is 0 Å². The number of nitrogens with zero attached hydrogens (tertiary/aromatic N) is 5. The van der Waals surface area contributed by atoms with Crippen molar-refractivity contribution in [3.05, 3.63) is 52.9 Å². The molecule has 9 nitrogen and oxygen atoms in total. The van der Waals surface area contributed by atoms with E-state index in [2.05, 4.69) is 28.5 Å². The average molecular weight is 460 g/mol. The van der Waals surface area contributed by atoms with Gasteiger partial charge in [-0.05, 0) is 50.2 Å². The Morgan fingerprint density at radius 3 is 3.00 bits per heavy atom. The van der Waals surface area contributed by atoms with Crippen LogP contribution < -0.4 is 20.6 Å². The number of fused-ring (bicyclic) bond motifs is 2. The third-order valence-corrected chi connectivity index (χ3v) is 6.77. The van der Waals surface area contributed by atoms with Crippen molar-refractivity contribution in [1.29, 1.82) is 0 Å². The smallest absolute Gasteiger partial charge is 0.259 e. The van der Waals surface area contributed by atoms with E-state index in [0.717, 1.165) is 42.7 Å². The number of anilines is 1. The third kappa shape index (κ3) is 4.07. The van der Waals surface area contributed by atoms with E-state index in [-0.39, 0.29) is 18.1 Å². The number of hydrogen-bond donors (Lipinski definition) is 2. The summed E-state index contributed by atoms with van der Waals surface area (Å²) in [6, 6.07) is 5.48. The van der Waals surface area contributed by atoms with E-state index >= 15 is 0 Å². The predicted molar refractivity (Wildman–Crippen MR) is 125 cm³/mol. The van der Waals surface area contributed by atoms with Crippen LogP contribution in [0.4, 0.5) is 5.69 Å². The summed E-state index contributed by atoms with van der Waals surface area (Å²) in [5, 5.41) is 23.5. The van der Waals surface area contributed by atoms with Crippen molar-refractivity contribution in [1.82, 2.24) is 14.6 Å². The minimum Gasteiger partial charge on any atom is -0.490 e. The van der Waals surface area contributed by atoms with Gasteiger partial charge in [0, 0.05) is 29.5 Å². The van der Waals surface area contributed by atoms with Gasteiger partial charge in [0.25, 0.3) is 5.91 Å². The molecule has 2 N–H and O–H groups in total. The van der Waals surface area contributed by atoms with E-state index in [0.29, 0.717) is 34.5 Å². The fourth-order valence-electron chi connectivity index (χ4n) is 4.70. The van der Waals surface area contributed by atoms with Gasteiger partial charge in [0.15, 0.2) is 11.9 Å². The maximum Gasteiger partial charge on any atom is 0.259 e. The zero-order valence-corrected chi connectivity index (χ0v) is 19.0. The second-order valence-corrected chi connectivity index (χ2v) is 9.49. The summed E-state index contributed by atoms with van der Waals surface area (Å²) < 4.78 is 9.56. The number of amides is 1. The Kier molecular flexibility index (Phi) is 5.13. The minimum absolute atomic E-state index is 0.144. The number of carbonyl (C=O) groups excluding carboxylic acids is 1. The fourth-order valence-corrected chi connectivity index (χ4v) is 4.70. The largest absolute Gasteiger partial charge is 0.490 e. The molecule has 1 aromatic carbocycles. The highest BCUT2D eigenvalue weighted by molar-refractivity contribution is 6.07. The number of ether oxygens (including phenoxy) is 1. The number of benzene rings is 1. The van der Waals surface area contributed by atoms with Crippen molar-refractivity contribution in [3.8, 4) is 5.75 Å². The molecule has 1 aliphatic heterocycles. The Hall–Kier alpha value is -3.59. The lowest BCUT2D eigenvalue weighted by atomic mass is 9.80. The van der Waals surface area contributed by atoms with E-state index in [9.17, 15) is 9.90 Å². The van der Waals surface area contributed by atoms with Crippen LogP contribution in [0, 0.1) is 11.8 Å². The Bertz CT molecular complexity index is 1420. The molecule has 6 rings (SSSR count). The third-order valence-electron chi connectivity index (χ3n) is 6.77. The number of carbonyl (C=O) groups is 1. The molecule has 3 aliphatic rings. The molecule has 0 radical (unpaired) electrons. The molecule has 1 unspecified atom stereocenters. The maximum absolute atomic E-state index is 13.3. The summed E-state index contributed by atoms with van der Waals surface area (Å²) in [7, 11) is 0. The van der Waals surface area contributed by atoms with Gasteiger partial charge in [-0.25, -0.2) is 9.50 Å². The SMILES string of the molecule is C[C@H]1C[C@@H](O)CCC1/C=[N+]1\C=c2cc(C(=O)Nc3cnn4cccnc34)c(OC3CC3)cc2=N1. The fraction of sp³-hybridized carbons (Fsp3) is 0.400. The van der Waals surface area contributed by atoms with Crippen LogP contribution in [-0.4, -0.2) is 48.7 Å². The van der Waals surface area contributed by atoms with Crippen LogP contribution in [0.3, 0.4) is 0 Å². The summed E-state index contributed by atoms with van der Waals surface area (Å²) in [6.45, 7) is 2.17. The van der Waals surface area contributed by atoms with Gasteiger partial charge in [-0.1, -0.05) is 11.6 Å². The quantitative estimate of drug-likeness (QED) is 0.565. The summed E-state index contributed by atoms with van der Waals surface area (Å²) in [6.07, 6.45) is 13.6. The van der Waals surface area contributed by atoms with Gasteiger partial charge in [-0.15, -0.1) is 0 Å². The van der Waals surface area contributed by atoms with E-state index in [1.165, 1.54) is 0 Å². The second kappa shape index (κ2) is 8.32. The van der Waals surface area contributed by atoms with Crippen LogP contribution in [0.1, 0.15) is 49.4 Å². The molecule has 2 saturated carbocycles. The monoisotopic (exact) mass is 459 g/mol. The van der Waals surface area contributed by atoms with Gasteiger partial charge in [0.2, 0.25) is 6.20 Å². The maximum atomic E-state index is 13.3. The van der Waals surface area contributed by atoms with Gasteiger partial charge >= 0.3 is 0 Å². The number of hydrogen-bond acceptors (Lipinski definition) is 6. The van der Waals surface area contributed by atoms with E-state index in [4.69, 9.17) is 9.84 Å². The number of aliphatic hydroxyl groups excluding tert-OH is 1. The van der Waals surface area contributed by atoms with Gasteiger partial charge in [0.05, 0.1) is 29.2 Å². The highest BCUT2D eigenvalue weighted by Gasteiger charge is 2.30. The molecule has 9 heteroatoms. The zero-order valence-electron chi connectivity index (χ0n) is 19.0. The van der Waals surface area contributed by atoms with Crippen LogP contribution in [0.5, 0.6) is 5.75 Å². The summed E-state index contributed by atoms with van der Waals surface area (Å²) in [5.41, 5.74) is 1.58. The van der Waals surface area contributed by atoms with Crippen molar-refractivity contribution in [2.24, 2.45) is 16.9 Å². The number of nitrogens with one attached hydrogen (secondary N) is 1. The standard InChI is InChI=1S/C25H26N6O3/c1-15-9-18(32)4-3-16(15)13-30-14-17-10-20(23(11-21(17)29-30)34-19-5-6-19)25(33)28-22-12-27-31-8-2-7-26-24(22)31/h2,7-8,10-16,18-19,32H,3-6,9H2,1H3/p+1/b30-13+/t15-,16?,18-/m0/s1. The van der Waals surface area contributed by atoms with Crippen LogP contribution in [-0.2, 0) is 0 Å². The molecular formula is C25H27N6O3+. The van der Waals surface area contributed by atoms with Crippen molar-refractivity contribution >= 4 is 29.7 Å². The van der Waals surface area contributed by atoms with Crippen LogP contribution in [0.2, 0.25) is 0 Å². The Labute approximate surface area is 196 Å². The molecule has 2 fully saturated rings. The molecule has 3 heterocycles. The van der Waals surface area contributed by atoms with Gasteiger partial charge < -0.3 is 15.2 Å². The highest BCUT2D eigenvalue weighted by atomic mass is 16.5. The van der Waals surface area contributed by atoms with Gasteiger partial charge in [-0.3, -0.25) is 4.79 Å². The molecule has 0 saturated heterocycles. The van der Waals surface area contributed by atoms with Gasteiger partial charge in [-0.2, -0.15) is 5.10 Å². The number of aliphatic hydroxyl groups is 1. The second-order valence-electron chi connectivity index (χ2n) is 9.49. The van der Waals surface area contributed by atoms with E-state index in [1.54, 1.807) is 29.2 Å². The Morgan fingerprint density at radius 1 is 1.29 bits per heavy atom. The Morgan fingerprint density at radius 2 is 2.18 bits per heavy atom. The van der Waals surface area contributed by atoms with Crippen molar-refractivity contribution < 1.29 is 19.3 Å². The summed E-state index contributed by atoms with van der Waals surface area (Å²) in [4.78, 5) is 17.6. The first-order chi connectivity index (χ1) is 16.5. The predicted octanol–water partition coefficient (Wildman–Crippen LogP) is 1.69. The zero-order chi connectivity index (χ0) is 23.2. The first-order valence-electron chi connectivity index (χ1n) is 11.9. The molecule has 0 spiro atoms. The molecule has 1 amide bonds. The first-order valence-corrected chi connectivity index (χ1v) is 11.9. The normalized spacial score (nSPS) is 25.0. The Balaban J connectivity index is 1.33. The van der Waals surface area contributed by atoms with Crippen LogP contribution in [0.25, 0.3) is 11.8 Å². The molecule has 2 aliphatic carbocycles. The highest BCUT2D eigenvalue weighted by Crippen LogP contribution is 2.30. The molecule has 3 aromatic rings. The van der Waals surface area contributed by atoms with Crippen molar-refractivity contribution in [2.75, 3.05) is 5.32 Å². The van der Waals surface area contributed by atoms with E-state index < -0.39 is 0 Å². The van der Waals surface area contributed by atoms with Gasteiger partial charge in [0.1, 0.15) is 16.8 Å². The molecule has 2 aromatic heterocycles. The molecular weight excluding hydrogens is 432 g/mol. The van der Waals surface area contributed by atoms with Crippen LogP contribution >= 0.6 is 0 Å². The number of rotatable bonds is 5. The van der Waals surface area contributed by atoms with Crippen LogP contribution in [0.15, 0.2) is 41.9 Å². The molecule has 0 bridgehead atoms.